The minimum atomic E-state index is -0.292. The zero-order valence-corrected chi connectivity index (χ0v) is 34.1. The molecule has 0 saturated heterocycles. The first kappa shape index (κ1) is 35.9. The third-order valence-electron chi connectivity index (χ3n) is 13.0. The second-order valence-electron chi connectivity index (χ2n) is 16.4. The van der Waals surface area contributed by atoms with E-state index in [0.717, 1.165) is 33.4 Å². The van der Waals surface area contributed by atoms with Gasteiger partial charge in [0.2, 0.25) is 0 Å². The minimum absolute atomic E-state index is 0.292. The van der Waals surface area contributed by atoms with Gasteiger partial charge >= 0.3 is 0 Å². The molecule has 0 spiro atoms. The van der Waals surface area contributed by atoms with Gasteiger partial charge in [0.15, 0.2) is 17.5 Å². The second-order valence-corrected chi connectivity index (χ2v) is 16.4. The van der Waals surface area contributed by atoms with E-state index in [9.17, 15) is 0 Å². The van der Waals surface area contributed by atoms with Crippen LogP contribution in [0.4, 0.5) is 0 Å². The van der Waals surface area contributed by atoms with Gasteiger partial charge in [0.1, 0.15) is 0 Å². The number of rotatable bonds is 6. The van der Waals surface area contributed by atoms with Crippen molar-refractivity contribution in [3.8, 4) is 67.5 Å². The van der Waals surface area contributed by atoms with Crippen LogP contribution in [0, 0.1) is 0 Å². The van der Waals surface area contributed by atoms with Gasteiger partial charge in [-0.15, -0.1) is 0 Å². The Kier molecular flexibility index (Phi) is 8.29. The average Bonchev–Trinajstić information content (AvgIpc) is 3.61. The van der Waals surface area contributed by atoms with E-state index in [1.54, 1.807) is 0 Å². The van der Waals surface area contributed by atoms with E-state index in [2.05, 4.69) is 219 Å². The van der Waals surface area contributed by atoms with Crippen molar-refractivity contribution in [2.75, 3.05) is 0 Å². The summed E-state index contributed by atoms with van der Waals surface area (Å²) in [5.41, 5.74) is 13.4. The van der Waals surface area contributed by atoms with Gasteiger partial charge in [-0.05, 0) is 101 Å². The Hall–Kier alpha value is -8.01. The van der Waals surface area contributed by atoms with Gasteiger partial charge in [0, 0.05) is 22.1 Å². The Morgan fingerprint density at radius 2 is 0.871 bits per heavy atom. The monoisotopic (exact) mass is 789 g/mol. The highest BCUT2D eigenvalue weighted by atomic mass is 15.0. The molecule has 3 nitrogen and oxygen atoms in total. The molecule has 1 aliphatic rings. The van der Waals surface area contributed by atoms with Gasteiger partial charge in [0.25, 0.3) is 0 Å². The molecule has 0 aliphatic heterocycles. The fraction of sp³-hybridized carbons (Fsp3) is 0.0339. The molecule has 10 aromatic carbocycles. The van der Waals surface area contributed by atoms with Crippen LogP contribution < -0.4 is 0 Å². The topological polar surface area (TPSA) is 38.7 Å². The summed E-state index contributed by atoms with van der Waals surface area (Å²) < 4.78 is 0. The van der Waals surface area contributed by atoms with Crippen LogP contribution in [-0.4, -0.2) is 15.0 Å². The van der Waals surface area contributed by atoms with Crippen molar-refractivity contribution in [2.24, 2.45) is 0 Å². The number of fused-ring (bicyclic) bond motifs is 7. The average molecular weight is 790 g/mol. The first-order valence-corrected chi connectivity index (χ1v) is 21.3. The third-order valence-corrected chi connectivity index (χ3v) is 13.0. The smallest absolute Gasteiger partial charge is 0.164 e. The van der Waals surface area contributed by atoms with Crippen molar-refractivity contribution in [1.82, 2.24) is 15.0 Å². The quantitative estimate of drug-likeness (QED) is 0.124. The first-order valence-electron chi connectivity index (χ1n) is 21.3. The summed E-state index contributed by atoms with van der Waals surface area (Å²) in [6.07, 6.45) is 0. The first-order chi connectivity index (χ1) is 30.6. The standard InChI is InChI=1S/C59H39N3/c1-59(44-20-6-3-7-21-44)53-27-15-14-25-48(53)52-37-43(33-35-54(52)59)57-60-56(61-58(62-57)50-26-13-12-22-45(50)38-16-4-2-5-17-38)41-30-28-40(29-31-41)55-47-24-11-9-19-42(47)36-51-46-23-10-8-18-39(46)32-34-49(51)55/h2-37H,1H3. The SMILES string of the molecule is CC1(c2ccccc2)c2ccccc2-c2cc(-c3nc(-c4ccc(-c5c6ccccc6cc6c5ccc5ccccc56)cc4)nc(-c4ccccc4-c4ccccc4)n3)ccc21. The van der Waals surface area contributed by atoms with Gasteiger partial charge in [-0.2, -0.15) is 0 Å². The lowest BCUT2D eigenvalue weighted by Crippen LogP contribution is -2.22. The Morgan fingerprint density at radius 3 is 1.66 bits per heavy atom. The van der Waals surface area contributed by atoms with Crippen molar-refractivity contribution in [3.63, 3.8) is 0 Å². The second kappa shape index (κ2) is 14.3. The molecule has 0 amide bonds. The van der Waals surface area contributed by atoms with Crippen LogP contribution in [0.5, 0.6) is 0 Å². The van der Waals surface area contributed by atoms with E-state index < -0.39 is 0 Å². The molecular formula is C59H39N3. The molecule has 0 fully saturated rings. The van der Waals surface area contributed by atoms with Crippen LogP contribution in [0.15, 0.2) is 218 Å². The molecule has 290 valence electrons. The largest absolute Gasteiger partial charge is 0.208 e. The summed E-state index contributed by atoms with van der Waals surface area (Å²) in [6, 6.07) is 78.3. The zero-order valence-electron chi connectivity index (χ0n) is 34.1. The van der Waals surface area contributed by atoms with E-state index in [4.69, 9.17) is 15.0 Å². The highest BCUT2D eigenvalue weighted by molar-refractivity contribution is 6.20. The van der Waals surface area contributed by atoms with Crippen LogP contribution >= 0.6 is 0 Å². The van der Waals surface area contributed by atoms with Crippen LogP contribution in [-0.2, 0) is 5.41 Å². The zero-order chi connectivity index (χ0) is 41.2. The molecule has 0 radical (unpaired) electrons. The van der Waals surface area contributed by atoms with E-state index in [0.29, 0.717) is 17.5 Å². The molecule has 0 bridgehead atoms. The van der Waals surface area contributed by atoms with Crippen LogP contribution in [0.2, 0.25) is 0 Å². The Labute approximate surface area is 360 Å². The minimum Gasteiger partial charge on any atom is -0.208 e. The lowest BCUT2D eigenvalue weighted by Gasteiger charge is -2.28. The van der Waals surface area contributed by atoms with Crippen molar-refractivity contribution in [3.05, 3.63) is 235 Å². The van der Waals surface area contributed by atoms with Crippen molar-refractivity contribution in [1.29, 1.82) is 0 Å². The number of hydrogen-bond donors (Lipinski definition) is 0. The summed E-state index contributed by atoms with van der Waals surface area (Å²) in [7, 11) is 0. The molecule has 11 aromatic rings. The van der Waals surface area contributed by atoms with E-state index in [1.807, 2.05) is 6.07 Å². The normalized spacial score (nSPS) is 14.3. The molecule has 1 aliphatic carbocycles. The molecule has 0 saturated carbocycles. The third kappa shape index (κ3) is 5.70. The van der Waals surface area contributed by atoms with Gasteiger partial charge in [-0.3, -0.25) is 0 Å². The molecule has 0 N–H and O–H groups in total. The number of aromatic nitrogens is 3. The maximum atomic E-state index is 5.30. The van der Waals surface area contributed by atoms with Crippen molar-refractivity contribution < 1.29 is 0 Å². The van der Waals surface area contributed by atoms with E-state index in [-0.39, 0.29) is 5.41 Å². The molecular weight excluding hydrogens is 751 g/mol. The molecule has 1 heterocycles. The molecule has 62 heavy (non-hydrogen) atoms. The van der Waals surface area contributed by atoms with Crippen molar-refractivity contribution >= 4 is 32.3 Å². The highest BCUT2D eigenvalue weighted by Gasteiger charge is 2.40. The summed E-state index contributed by atoms with van der Waals surface area (Å²) >= 11 is 0. The molecule has 1 atom stereocenters. The van der Waals surface area contributed by atoms with Gasteiger partial charge in [-0.1, -0.05) is 206 Å². The molecule has 1 unspecified atom stereocenters. The highest BCUT2D eigenvalue weighted by Crippen LogP contribution is 2.53. The molecule has 1 aromatic heterocycles. The fourth-order valence-corrected chi connectivity index (χ4v) is 9.94. The van der Waals surface area contributed by atoms with E-state index >= 15 is 0 Å². The predicted molar refractivity (Wildman–Crippen MR) is 257 cm³/mol. The number of nitrogens with zero attached hydrogens (tertiary/aromatic N) is 3. The lowest BCUT2D eigenvalue weighted by molar-refractivity contribution is 0.714. The fourth-order valence-electron chi connectivity index (χ4n) is 9.94. The lowest BCUT2D eigenvalue weighted by atomic mass is 9.74. The number of benzene rings is 10. The van der Waals surface area contributed by atoms with Gasteiger partial charge in [-0.25, -0.2) is 15.0 Å². The van der Waals surface area contributed by atoms with Gasteiger partial charge in [0.05, 0.1) is 0 Å². The summed E-state index contributed by atoms with van der Waals surface area (Å²) in [5.74, 6) is 1.90. The Balaban J connectivity index is 1.03. The Bertz CT molecular complexity index is 3520. The maximum Gasteiger partial charge on any atom is 0.164 e. The Morgan fingerprint density at radius 1 is 0.306 bits per heavy atom. The summed E-state index contributed by atoms with van der Waals surface area (Å²) in [4.78, 5) is 15.9. The van der Waals surface area contributed by atoms with Crippen LogP contribution in [0.3, 0.4) is 0 Å². The maximum absolute atomic E-state index is 5.30. The molecule has 12 rings (SSSR count). The van der Waals surface area contributed by atoms with Crippen molar-refractivity contribution in [2.45, 2.75) is 12.3 Å². The van der Waals surface area contributed by atoms with Crippen LogP contribution in [0.25, 0.3) is 99.9 Å². The number of hydrogen-bond acceptors (Lipinski definition) is 3. The summed E-state index contributed by atoms with van der Waals surface area (Å²) in [6.45, 7) is 2.35. The predicted octanol–water partition coefficient (Wildman–Crippen LogP) is 15.0. The van der Waals surface area contributed by atoms with Crippen LogP contribution in [0.1, 0.15) is 23.6 Å². The van der Waals surface area contributed by atoms with Gasteiger partial charge < -0.3 is 0 Å². The summed E-state index contributed by atoms with van der Waals surface area (Å²) in [5, 5.41) is 7.44. The van der Waals surface area contributed by atoms with E-state index in [1.165, 1.54) is 65.7 Å². The molecule has 3 heteroatoms.